The Hall–Kier alpha value is 0.440. The molecule has 0 aromatic carbocycles. The maximum absolute atomic E-state index is 3.63. The number of hydrogen-bond acceptors (Lipinski definition) is 1. The van der Waals surface area contributed by atoms with Crippen molar-refractivity contribution < 1.29 is 0 Å². The fraction of sp³-hybridized carbons (Fsp3) is 1.00. The standard InChI is InChI=1S/C13H26BrN/c1-4-12(9-14)10-15(13-5-6-13)8-7-11(2)3/h11-13H,4-10H2,1-3H3. The van der Waals surface area contributed by atoms with Crippen molar-refractivity contribution in [1.29, 1.82) is 0 Å². The summed E-state index contributed by atoms with van der Waals surface area (Å²) >= 11 is 3.63. The van der Waals surface area contributed by atoms with Gasteiger partial charge in [-0.1, -0.05) is 43.1 Å². The van der Waals surface area contributed by atoms with Crippen molar-refractivity contribution in [2.75, 3.05) is 18.4 Å². The molecule has 0 spiro atoms. The average Bonchev–Trinajstić information content (AvgIpc) is 3.02. The first-order valence-corrected chi connectivity index (χ1v) is 7.59. The van der Waals surface area contributed by atoms with Crippen LogP contribution in [0.3, 0.4) is 0 Å². The van der Waals surface area contributed by atoms with Gasteiger partial charge in [0, 0.05) is 17.9 Å². The number of hydrogen-bond donors (Lipinski definition) is 0. The van der Waals surface area contributed by atoms with Crippen molar-refractivity contribution in [3.63, 3.8) is 0 Å². The van der Waals surface area contributed by atoms with Crippen molar-refractivity contribution in [3.8, 4) is 0 Å². The molecule has 1 aliphatic rings. The van der Waals surface area contributed by atoms with Gasteiger partial charge in [0.15, 0.2) is 0 Å². The van der Waals surface area contributed by atoms with Crippen LogP contribution in [0.1, 0.15) is 46.5 Å². The highest BCUT2D eigenvalue weighted by atomic mass is 79.9. The van der Waals surface area contributed by atoms with Crippen molar-refractivity contribution in [1.82, 2.24) is 4.90 Å². The van der Waals surface area contributed by atoms with Gasteiger partial charge in [0.1, 0.15) is 0 Å². The summed E-state index contributed by atoms with van der Waals surface area (Å²) in [4.78, 5) is 2.73. The second kappa shape index (κ2) is 6.90. The zero-order chi connectivity index (χ0) is 11.3. The number of alkyl halides is 1. The van der Waals surface area contributed by atoms with Crippen LogP contribution in [0.2, 0.25) is 0 Å². The van der Waals surface area contributed by atoms with E-state index in [1.807, 2.05) is 0 Å². The number of nitrogens with zero attached hydrogens (tertiary/aromatic N) is 1. The van der Waals surface area contributed by atoms with E-state index in [2.05, 4.69) is 41.6 Å². The van der Waals surface area contributed by atoms with Crippen LogP contribution >= 0.6 is 15.9 Å². The molecule has 1 aliphatic carbocycles. The van der Waals surface area contributed by atoms with E-state index >= 15 is 0 Å². The molecule has 0 amide bonds. The Morgan fingerprint density at radius 1 is 1.33 bits per heavy atom. The summed E-state index contributed by atoms with van der Waals surface area (Å²) < 4.78 is 0. The maximum Gasteiger partial charge on any atom is 0.00965 e. The number of halogens is 1. The largest absolute Gasteiger partial charge is 0.300 e. The normalized spacial score (nSPS) is 18.8. The van der Waals surface area contributed by atoms with E-state index in [1.165, 1.54) is 38.8 Å². The molecule has 0 radical (unpaired) electrons. The molecule has 1 rings (SSSR count). The molecule has 0 aromatic rings. The summed E-state index contributed by atoms with van der Waals surface area (Å²) in [7, 11) is 0. The van der Waals surface area contributed by atoms with Gasteiger partial charge in [-0.2, -0.15) is 0 Å². The van der Waals surface area contributed by atoms with Crippen LogP contribution in [0.25, 0.3) is 0 Å². The Balaban J connectivity index is 2.29. The van der Waals surface area contributed by atoms with Gasteiger partial charge >= 0.3 is 0 Å². The average molecular weight is 276 g/mol. The molecule has 0 aromatic heterocycles. The second-order valence-corrected chi connectivity index (χ2v) is 5.98. The van der Waals surface area contributed by atoms with Gasteiger partial charge in [-0.25, -0.2) is 0 Å². The minimum atomic E-state index is 0.843. The van der Waals surface area contributed by atoms with Crippen LogP contribution in [0.5, 0.6) is 0 Å². The minimum absolute atomic E-state index is 0.843. The molecule has 90 valence electrons. The summed E-state index contributed by atoms with van der Waals surface area (Å²) in [6, 6.07) is 0.928. The van der Waals surface area contributed by atoms with E-state index in [-0.39, 0.29) is 0 Å². The van der Waals surface area contributed by atoms with Crippen LogP contribution < -0.4 is 0 Å². The van der Waals surface area contributed by atoms with Crippen molar-refractivity contribution in [2.24, 2.45) is 11.8 Å². The molecule has 1 unspecified atom stereocenters. The van der Waals surface area contributed by atoms with E-state index in [1.54, 1.807) is 0 Å². The zero-order valence-corrected chi connectivity index (χ0v) is 12.1. The molecule has 0 aliphatic heterocycles. The monoisotopic (exact) mass is 275 g/mol. The third-order valence-electron chi connectivity index (χ3n) is 3.35. The van der Waals surface area contributed by atoms with E-state index < -0.39 is 0 Å². The van der Waals surface area contributed by atoms with Crippen LogP contribution in [-0.2, 0) is 0 Å². The van der Waals surface area contributed by atoms with Crippen LogP contribution in [0.4, 0.5) is 0 Å². The highest BCUT2D eigenvalue weighted by molar-refractivity contribution is 9.09. The highest BCUT2D eigenvalue weighted by Gasteiger charge is 2.29. The Bertz CT molecular complexity index is 162. The Kier molecular flexibility index (Phi) is 6.21. The third kappa shape index (κ3) is 5.35. The van der Waals surface area contributed by atoms with E-state index in [0.29, 0.717) is 0 Å². The Morgan fingerprint density at radius 3 is 2.40 bits per heavy atom. The molecule has 2 heteroatoms. The molecule has 1 nitrogen and oxygen atoms in total. The lowest BCUT2D eigenvalue weighted by atomic mass is 10.1. The molecule has 1 fully saturated rings. The summed E-state index contributed by atoms with van der Waals surface area (Å²) in [5, 5.41) is 1.16. The minimum Gasteiger partial charge on any atom is -0.300 e. The first-order valence-electron chi connectivity index (χ1n) is 6.47. The molecule has 0 saturated heterocycles. The fourth-order valence-electron chi connectivity index (χ4n) is 1.91. The quantitative estimate of drug-likeness (QED) is 0.607. The van der Waals surface area contributed by atoms with Crippen LogP contribution in [0.15, 0.2) is 0 Å². The van der Waals surface area contributed by atoms with Gasteiger partial charge < -0.3 is 4.90 Å². The summed E-state index contributed by atoms with van der Waals surface area (Å²) in [6.45, 7) is 9.57. The Morgan fingerprint density at radius 2 is 2.00 bits per heavy atom. The zero-order valence-electron chi connectivity index (χ0n) is 10.5. The SMILES string of the molecule is CCC(CBr)CN(CCC(C)C)C1CC1. The molecule has 0 N–H and O–H groups in total. The highest BCUT2D eigenvalue weighted by Crippen LogP contribution is 2.28. The van der Waals surface area contributed by atoms with Crippen molar-refractivity contribution in [3.05, 3.63) is 0 Å². The summed E-state index contributed by atoms with van der Waals surface area (Å²) in [5.74, 6) is 1.69. The predicted octanol–water partition coefficient (Wildman–Crippen LogP) is 3.92. The molecule has 1 saturated carbocycles. The lowest BCUT2D eigenvalue weighted by Crippen LogP contribution is -2.33. The predicted molar refractivity (Wildman–Crippen MR) is 71.6 cm³/mol. The van der Waals surface area contributed by atoms with Crippen LogP contribution in [0, 0.1) is 11.8 Å². The molecular formula is C13H26BrN. The first kappa shape index (κ1) is 13.5. The van der Waals surface area contributed by atoms with Gasteiger partial charge in [0.25, 0.3) is 0 Å². The van der Waals surface area contributed by atoms with Crippen molar-refractivity contribution in [2.45, 2.75) is 52.5 Å². The lowest BCUT2D eigenvalue weighted by molar-refractivity contribution is 0.216. The molecule has 0 bridgehead atoms. The van der Waals surface area contributed by atoms with E-state index in [0.717, 1.165) is 23.2 Å². The van der Waals surface area contributed by atoms with Gasteiger partial charge in [-0.05, 0) is 37.6 Å². The second-order valence-electron chi connectivity index (χ2n) is 5.34. The maximum atomic E-state index is 3.63. The smallest absolute Gasteiger partial charge is 0.00965 e. The molecule has 15 heavy (non-hydrogen) atoms. The van der Waals surface area contributed by atoms with Crippen LogP contribution in [-0.4, -0.2) is 29.4 Å². The third-order valence-corrected chi connectivity index (χ3v) is 4.26. The van der Waals surface area contributed by atoms with Gasteiger partial charge in [-0.15, -0.1) is 0 Å². The summed E-state index contributed by atoms with van der Waals surface area (Å²) in [6.07, 6.45) is 5.54. The molecule has 0 heterocycles. The van der Waals surface area contributed by atoms with E-state index in [4.69, 9.17) is 0 Å². The van der Waals surface area contributed by atoms with E-state index in [9.17, 15) is 0 Å². The van der Waals surface area contributed by atoms with Gasteiger partial charge in [0.2, 0.25) is 0 Å². The van der Waals surface area contributed by atoms with Gasteiger partial charge in [0.05, 0.1) is 0 Å². The van der Waals surface area contributed by atoms with Gasteiger partial charge in [-0.3, -0.25) is 0 Å². The molecular weight excluding hydrogens is 250 g/mol. The molecule has 1 atom stereocenters. The number of rotatable bonds is 8. The summed E-state index contributed by atoms with van der Waals surface area (Å²) in [5.41, 5.74) is 0. The Labute approximate surface area is 104 Å². The topological polar surface area (TPSA) is 3.24 Å². The first-order chi connectivity index (χ1) is 7.17. The fourth-order valence-corrected chi connectivity index (χ4v) is 2.57. The lowest BCUT2D eigenvalue weighted by Gasteiger charge is -2.26. The van der Waals surface area contributed by atoms with Crippen molar-refractivity contribution >= 4 is 15.9 Å².